The number of carbonyl (C=O) groups is 3. The summed E-state index contributed by atoms with van der Waals surface area (Å²) < 4.78 is -0.793. The van der Waals surface area contributed by atoms with Crippen LogP contribution >= 0.6 is 23.4 Å². The van der Waals surface area contributed by atoms with E-state index in [-0.39, 0.29) is 36.1 Å². The maximum Gasteiger partial charge on any atom is 0.251 e. The van der Waals surface area contributed by atoms with E-state index in [1.54, 1.807) is 63.9 Å². The summed E-state index contributed by atoms with van der Waals surface area (Å²) >= 11 is 8.18. The lowest BCUT2D eigenvalue weighted by Crippen LogP contribution is -2.58. The van der Waals surface area contributed by atoms with Gasteiger partial charge >= 0.3 is 0 Å². The number of amides is 3. The number of rotatable bonds is 11. The smallest absolute Gasteiger partial charge is 0.251 e. The molecule has 41 heavy (non-hydrogen) atoms. The Morgan fingerprint density at radius 1 is 1.12 bits per heavy atom. The molecule has 3 heterocycles. The second-order valence-electron chi connectivity index (χ2n) is 11.0. The Labute approximate surface area is 250 Å². The first-order chi connectivity index (χ1) is 19.8. The highest BCUT2D eigenvalue weighted by Gasteiger charge is 2.74. The molecule has 5 rings (SSSR count). The van der Waals surface area contributed by atoms with E-state index < -0.39 is 28.7 Å². The number of likely N-dealkylation sites (N-methyl/N-ethyl adjacent to an activating group) is 1. The van der Waals surface area contributed by atoms with Gasteiger partial charge in [0.25, 0.3) is 5.91 Å². The summed E-state index contributed by atoms with van der Waals surface area (Å²) in [7, 11) is 1.72. The number of aliphatic hydroxyl groups is 1. The molecule has 2 aromatic carbocycles. The topological polar surface area (TPSA) is 81.2 Å². The lowest BCUT2D eigenvalue weighted by molar-refractivity contribution is -0.144. The van der Waals surface area contributed by atoms with Gasteiger partial charge in [0.15, 0.2) is 0 Å². The maximum absolute atomic E-state index is 14.8. The van der Waals surface area contributed by atoms with Crippen LogP contribution in [0.25, 0.3) is 0 Å². The Morgan fingerprint density at radius 3 is 2.46 bits per heavy atom. The Bertz CT molecular complexity index is 1340. The minimum absolute atomic E-state index is 0.0592. The third-order valence-corrected chi connectivity index (χ3v) is 10.9. The zero-order chi connectivity index (χ0) is 29.3. The van der Waals surface area contributed by atoms with Gasteiger partial charge in [0.2, 0.25) is 11.8 Å². The maximum atomic E-state index is 14.8. The molecule has 3 aliphatic rings. The van der Waals surface area contributed by atoms with Gasteiger partial charge in [0.05, 0.1) is 39.9 Å². The number of thioether (sulfide) groups is 1. The Hall–Kier alpha value is -3.07. The van der Waals surface area contributed by atoms with Crippen LogP contribution in [0.15, 0.2) is 79.9 Å². The van der Waals surface area contributed by atoms with E-state index in [4.69, 9.17) is 11.6 Å². The van der Waals surface area contributed by atoms with Crippen molar-refractivity contribution in [2.24, 2.45) is 11.8 Å². The van der Waals surface area contributed by atoms with E-state index in [0.29, 0.717) is 30.1 Å². The Morgan fingerprint density at radius 2 is 1.80 bits per heavy atom. The molecule has 3 fully saturated rings. The van der Waals surface area contributed by atoms with Crippen LogP contribution in [0.3, 0.4) is 0 Å². The first-order valence-electron chi connectivity index (χ1n) is 14.0. The molecule has 7 nitrogen and oxygen atoms in total. The molecule has 6 atom stereocenters. The van der Waals surface area contributed by atoms with Crippen LogP contribution in [0, 0.1) is 11.8 Å². The van der Waals surface area contributed by atoms with Crippen LogP contribution in [0.2, 0.25) is 5.02 Å². The summed E-state index contributed by atoms with van der Waals surface area (Å²) in [4.78, 5) is 47.9. The van der Waals surface area contributed by atoms with E-state index in [1.807, 2.05) is 36.4 Å². The van der Waals surface area contributed by atoms with E-state index in [2.05, 4.69) is 13.2 Å². The van der Waals surface area contributed by atoms with Crippen molar-refractivity contribution in [2.75, 3.05) is 31.6 Å². The number of hydrogen-bond acceptors (Lipinski definition) is 5. The van der Waals surface area contributed by atoms with Gasteiger partial charge in [-0.15, -0.1) is 24.9 Å². The molecule has 1 spiro atoms. The third-order valence-electron chi connectivity index (χ3n) is 8.68. The van der Waals surface area contributed by atoms with Crippen LogP contribution in [0.4, 0.5) is 5.69 Å². The number of aliphatic hydroxyl groups excluding tert-OH is 1. The first kappa shape index (κ1) is 29.4. The predicted molar refractivity (Wildman–Crippen MR) is 164 cm³/mol. The number of nitrogens with zero attached hydrogens (tertiary/aromatic N) is 3. The average molecular weight is 594 g/mol. The molecular weight excluding hydrogens is 558 g/mol. The molecule has 3 aliphatic heterocycles. The SMILES string of the molecule is C=CCN(C)C(=O)[C@@H]1[C@H]2C(=O)N([C@@H](CO)Cc3ccccc3)C(C(=O)N(CC=C)c3ccccc3Cl)C23CC[C@H]1S3. The molecule has 2 unspecified atom stereocenters. The summed E-state index contributed by atoms with van der Waals surface area (Å²) in [6.07, 6.45) is 5.06. The van der Waals surface area contributed by atoms with Gasteiger partial charge in [-0.2, -0.15) is 0 Å². The normalized spacial score (nSPS) is 26.9. The van der Waals surface area contributed by atoms with Gasteiger partial charge in [-0.1, -0.05) is 66.2 Å². The fourth-order valence-electron chi connectivity index (χ4n) is 6.97. The van der Waals surface area contributed by atoms with Gasteiger partial charge in [0, 0.05) is 25.4 Å². The van der Waals surface area contributed by atoms with Gasteiger partial charge in [-0.3, -0.25) is 14.4 Å². The highest BCUT2D eigenvalue weighted by molar-refractivity contribution is 8.02. The molecule has 216 valence electrons. The van der Waals surface area contributed by atoms with Crippen LogP contribution < -0.4 is 4.90 Å². The molecule has 2 aromatic rings. The van der Waals surface area contributed by atoms with Crippen molar-refractivity contribution in [1.82, 2.24) is 9.80 Å². The molecule has 1 N–H and O–H groups in total. The zero-order valence-electron chi connectivity index (χ0n) is 23.2. The number of anilines is 1. The molecule has 0 radical (unpaired) electrons. The van der Waals surface area contributed by atoms with E-state index >= 15 is 0 Å². The number of halogens is 1. The number of fused-ring (bicyclic) bond motifs is 1. The van der Waals surface area contributed by atoms with Crippen LogP contribution in [-0.4, -0.2) is 81.5 Å². The van der Waals surface area contributed by atoms with Crippen LogP contribution in [0.5, 0.6) is 0 Å². The van der Waals surface area contributed by atoms with Gasteiger partial charge in [-0.05, 0) is 37.0 Å². The van der Waals surface area contributed by atoms with E-state index in [9.17, 15) is 19.5 Å². The molecule has 3 saturated heterocycles. The van der Waals surface area contributed by atoms with Crippen molar-refractivity contribution in [2.45, 2.75) is 41.3 Å². The highest BCUT2D eigenvalue weighted by atomic mass is 35.5. The lowest BCUT2D eigenvalue weighted by Gasteiger charge is -2.40. The largest absolute Gasteiger partial charge is 0.394 e. The monoisotopic (exact) mass is 593 g/mol. The number of benzene rings is 2. The standard InChI is InChI=1S/C32H36ClN3O4S/c1-4-17-34(3)29(38)26-25-15-16-32(41-25)27(26)30(39)36(22(20-37)19-21-11-7-6-8-12-21)28(32)31(40)35(18-5-2)24-14-10-9-13-23(24)33/h4-14,22,25-28,37H,1-2,15-20H2,3H3/t22-,25-,26+,27+,28?,32?/m1/s1. The second kappa shape index (κ2) is 12.0. The minimum atomic E-state index is -0.880. The van der Waals surface area contributed by atoms with Crippen LogP contribution in [0.1, 0.15) is 18.4 Å². The summed E-state index contributed by atoms with van der Waals surface area (Å²) in [6.45, 7) is 7.89. The quantitative estimate of drug-likeness (QED) is 0.395. The zero-order valence-corrected chi connectivity index (χ0v) is 24.8. The highest BCUT2D eigenvalue weighted by Crippen LogP contribution is 2.67. The fourth-order valence-corrected chi connectivity index (χ4v) is 9.41. The molecule has 3 amide bonds. The summed E-state index contributed by atoms with van der Waals surface area (Å²) in [5.74, 6) is -1.83. The second-order valence-corrected chi connectivity index (χ2v) is 13.0. The molecule has 2 bridgehead atoms. The van der Waals surface area contributed by atoms with Crippen molar-refractivity contribution >= 4 is 46.8 Å². The van der Waals surface area contributed by atoms with Crippen LogP contribution in [-0.2, 0) is 20.8 Å². The van der Waals surface area contributed by atoms with E-state index in [1.165, 1.54) is 0 Å². The summed E-state index contributed by atoms with van der Waals surface area (Å²) in [5.41, 5.74) is 1.48. The Kier molecular flexibility index (Phi) is 8.64. The van der Waals surface area contributed by atoms with Gasteiger partial charge < -0.3 is 19.8 Å². The summed E-state index contributed by atoms with van der Waals surface area (Å²) in [6, 6.07) is 15.2. The van der Waals surface area contributed by atoms with Crippen molar-refractivity contribution in [3.63, 3.8) is 0 Å². The summed E-state index contributed by atoms with van der Waals surface area (Å²) in [5, 5.41) is 11.0. The predicted octanol–water partition coefficient (Wildman–Crippen LogP) is 4.20. The molecule has 0 aromatic heterocycles. The number of para-hydroxylation sites is 1. The van der Waals surface area contributed by atoms with Crippen molar-refractivity contribution < 1.29 is 19.5 Å². The van der Waals surface area contributed by atoms with Gasteiger partial charge in [0.1, 0.15) is 6.04 Å². The lowest BCUT2D eigenvalue weighted by atomic mass is 9.70. The molecular formula is C32H36ClN3O4S. The number of likely N-dealkylation sites (tertiary alicyclic amines) is 1. The molecule has 0 aliphatic carbocycles. The van der Waals surface area contributed by atoms with Crippen molar-refractivity contribution in [3.05, 3.63) is 90.5 Å². The molecule has 9 heteroatoms. The Balaban J connectivity index is 1.62. The van der Waals surface area contributed by atoms with Crippen molar-refractivity contribution in [3.8, 4) is 0 Å². The first-order valence-corrected chi connectivity index (χ1v) is 15.2. The van der Waals surface area contributed by atoms with Gasteiger partial charge in [-0.25, -0.2) is 0 Å². The third kappa shape index (κ3) is 5.00. The molecule has 0 saturated carbocycles. The van der Waals surface area contributed by atoms with E-state index in [0.717, 1.165) is 12.0 Å². The minimum Gasteiger partial charge on any atom is -0.394 e. The fraction of sp³-hybridized carbons (Fsp3) is 0.406. The number of hydrogen-bond donors (Lipinski definition) is 1. The number of carbonyl (C=O) groups excluding carboxylic acids is 3. The van der Waals surface area contributed by atoms with Crippen molar-refractivity contribution in [1.29, 1.82) is 0 Å². The average Bonchev–Trinajstić information content (AvgIpc) is 3.62.